The standard InChI is InChI=1S/C18H21N7O3/c1-11-8-24-9-14(12-6-20-18(19)21-7-12)23-17(16(24)22-11)25-3-4-28-10-13(25)5-15(26)27-2/h6-9,13H,3-5,10H2,1-2H3,(H2,19,20,21). The van der Waals surface area contributed by atoms with Crippen LogP contribution in [0.1, 0.15) is 12.1 Å². The second kappa shape index (κ2) is 7.39. The number of methoxy groups -OCH3 is 1. The zero-order valence-corrected chi connectivity index (χ0v) is 15.7. The van der Waals surface area contributed by atoms with Gasteiger partial charge in [0.15, 0.2) is 11.5 Å². The number of morpholine rings is 1. The Morgan fingerprint density at radius 3 is 2.86 bits per heavy atom. The first kappa shape index (κ1) is 18.1. The van der Waals surface area contributed by atoms with Gasteiger partial charge >= 0.3 is 5.97 Å². The molecular formula is C18H21N7O3. The van der Waals surface area contributed by atoms with Crippen molar-refractivity contribution in [1.82, 2.24) is 24.3 Å². The molecule has 1 atom stereocenters. The number of anilines is 2. The number of nitrogens with zero attached hydrogens (tertiary/aromatic N) is 6. The summed E-state index contributed by atoms with van der Waals surface area (Å²) in [5.41, 5.74) is 8.60. The quantitative estimate of drug-likeness (QED) is 0.653. The predicted molar refractivity (Wildman–Crippen MR) is 102 cm³/mol. The number of aromatic nitrogens is 5. The molecular weight excluding hydrogens is 362 g/mol. The maximum absolute atomic E-state index is 11.9. The molecule has 146 valence electrons. The number of nitrogen functional groups attached to an aromatic ring is 1. The molecule has 4 heterocycles. The summed E-state index contributed by atoms with van der Waals surface area (Å²) in [6.07, 6.45) is 7.28. The largest absolute Gasteiger partial charge is 0.469 e. The molecule has 0 amide bonds. The Kier molecular flexibility index (Phi) is 4.78. The summed E-state index contributed by atoms with van der Waals surface area (Å²) in [4.78, 5) is 31.5. The molecule has 1 saturated heterocycles. The Balaban J connectivity index is 1.81. The third-order valence-electron chi connectivity index (χ3n) is 4.64. The normalized spacial score (nSPS) is 17.1. The number of fused-ring (bicyclic) bond motifs is 1. The molecule has 1 fully saturated rings. The van der Waals surface area contributed by atoms with Crippen LogP contribution >= 0.6 is 0 Å². The van der Waals surface area contributed by atoms with Crippen molar-refractivity contribution in [2.45, 2.75) is 19.4 Å². The number of ether oxygens (including phenoxy) is 2. The lowest BCUT2D eigenvalue weighted by molar-refractivity contribution is -0.141. The fraction of sp³-hybridized carbons (Fsp3) is 0.389. The molecule has 2 N–H and O–H groups in total. The van der Waals surface area contributed by atoms with Gasteiger partial charge in [-0.1, -0.05) is 0 Å². The molecule has 1 aliphatic rings. The predicted octanol–water partition coefficient (Wildman–Crippen LogP) is 0.845. The van der Waals surface area contributed by atoms with Crippen molar-refractivity contribution in [3.05, 3.63) is 30.5 Å². The fourth-order valence-electron chi connectivity index (χ4n) is 3.29. The van der Waals surface area contributed by atoms with Crippen molar-refractivity contribution in [2.24, 2.45) is 0 Å². The average molecular weight is 383 g/mol. The molecule has 0 radical (unpaired) electrons. The highest BCUT2D eigenvalue weighted by Gasteiger charge is 2.29. The van der Waals surface area contributed by atoms with E-state index in [4.69, 9.17) is 20.2 Å². The van der Waals surface area contributed by atoms with Crippen LogP contribution in [0.5, 0.6) is 0 Å². The second-order valence-corrected chi connectivity index (χ2v) is 6.60. The molecule has 0 aliphatic carbocycles. The number of carbonyl (C=O) groups excluding carboxylic acids is 1. The molecule has 0 bridgehead atoms. The van der Waals surface area contributed by atoms with E-state index in [0.717, 1.165) is 16.9 Å². The molecule has 28 heavy (non-hydrogen) atoms. The smallest absolute Gasteiger partial charge is 0.307 e. The van der Waals surface area contributed by atoms with E-state index in [9.17, 15) is 4.79 Å². The SMILES string of the molecule is COC(=O)CC1COCCN1c1nc(-c2cnc(N)nc2)cn2cc(C)nc12. The summed E-state index contributed by atoms with van der Waals surface area (Å²) >= 11 is 0. The summed E-state index contributed by atoms with van der Waals surface area (Å²) in [5, 5.41) is 0. The lowest BCUT2D eigenvalue weighted by atomic mass is 10.1. The topological polar surface area (TPSA) is 121 Å². The average Bonchev–Trinajstić information content (AvgIpc) is 3.08. The zero-order chi connectivity index (χ0) is 19.7. The number of imidazole rings is 1. The molecule has 10 nitrogen and oxygen atoms in total. The van der Waals surface area contributed by atoms with Gasteiger partial charge in [-0.3, -0.25) is 4.79 Å². The molecule has 4 rings (SSSR count). The number of carbonyl (C=O) groups is 1. The lowest BCUT2D eigenvalue weighted by Gasteiger charge is -2.36. The number of hydrogen-bond acceptors (Lipinski definition) is 9. The van der Waals surface area contributed by atoms with Crippen molar-refractivity contribution in [3.8, 4) is 11.3 Å². The molecule has 1 aliphatic heterocycles. The third-order valence-corrected chi connectivity index (χ3v) is 4.64. The lowest BCUT2D eigenvalue weighted by Crippen LogP contribution is -2.47. The first-order valence-electron chi connectivity index (χ1n) is 8.90. The Morgan fingerprint density at radius 1 is 1.32 bits per heavy atom. The van der Waals surface area contributed by atoms with E-state index in [2.05, 4.69) is 19.9 Å². The van der Waals surface area contributed by atoms with Gasteiger partial charge < -0.3 is 24.5 Å². The van der Waals surface area contributed by atoms with Crippen molar-refractivity contribution in [1.29, 1.82) is 0 Å². The van der Waals surface area contributed by atoms with Crippen LogP contribution in [0, 0.1) is 6.92 Å². The van der Waals surface area contributed by atoms with Gasteiger partial charge in [-0.2, -0.15) is 0 Å². The van der Waals surface area contributed by atoms with Crippen LogP contribution in [0.4, 0.5) is 11.8 Å². The Hall–Kier alpha value is -3.27. The maximum atomic E-state index is 11.9. The summed E-state index contributed by atoms with van der Waals surface area (Å²) in [7, 11) is 1.38. The summed E-state index contributed by atoms with van der Waals surface area (Å²) in [6.45, 7) is 3.48. The van der Waals surface area contributed by atoms with Gasteiger partial charge in [-0.25, -0.2) is 19.9 Å². The van der Waals surface area contributed by atoms with E-state index in [1.165, 1.54) is 7.11 Å². The molecule has 1 unspecified atom stereocenters. The van der Waals surface area contributed by atoms with E-state index in [0.29, 0.717) is 31.3 Å². The number of rotatable bonds is 4. The van der Waals surface area contributed by atoms with Crippen LogP contribution in [0.3, 0.4) is 0 Å². The highest BCUT2D eigenvalue weighted by molar-refractivity contribution is 5.74. The van der Waals surface area contributed by atoms with E-state index in [-0.39, 0.29) is 24.4 Å². The molecule has 3 aromatic heterocycles. The van der Waals surface area contributed by atoms with Crippen LogP contribution < -0.4 is 10.6 Å². The van der Waals surface area contributed by atoms with Gasteiger partial charge in [0.2, 0.25) is 5.95 Å². The van der Waals surface area contributed by atoms with Crippen molar-refractivity contribution in [2.75, 3.05) is 37.5 Å². The van der Waals surface area contributed by atoms with Gasteiger partial charge in [-0.05, 0) is 6.92 Å². The molecule has 0 saturated carbocycles. The monoisotopic (exact) mass is 383 g/mol. The van der Waals surface area contributed by atoms with Gasteiger partial charge in [-0.15, -0.1) is 0 Å². The second-order valence-electron chi connectivity index (χ2n) is 6.60. The Labute approximate surface area is 161 Å². The first-order valence-corrected chi connectivity index (χ1v) is 8.90. The maximum Gasteiger partial charge on any atom is 0.307 e. The first-order chi connectivity index (χ1) is 13.5. The van der Waals surface area contributed by atoms with Crippen LogP contribution in [0.25, 0.3) is 16.9 Å². The number of hydrogen-bond donors (Lipinski definition) is 1. The highest BCUT2D eigenvalue weighted by atomic mass is 16.5. The van der Waals surface area contributed by atoms with Crippen molar-refractivity contribution in [3.63, 3.8) is 0 Å². The van der Waals surface area contributed by atoms with Gasteiger partial charge in [0.1, 0.15) is 0 Å². The van der Waals surface area contributed by atoms with Crippen LogP contribution in [0.2, 0.25) is 0 Å². The zero-order valence-electron chi connectivity index (χ0n) is 15.7. The van der Waals surface area contributed by atoms with Crippen LogP contribution in [-0.4, -0.2) is 63.2 Å². The summed E-state index contributed by atoms with van der Waals surface area (Å²) < 4.78 is 12.4. The van der Waals surface area contributed by atoms with Crippen LogP contribution in [-0.2, 0) is 14.3 Å². The molecule has 0 aromatic carbocycles. The number of aryl methyl sites for hydroxylation is 1. The van der Waals surface area contributed by atoms with Crippen molar-refractivity contribution >= 4 is 23.4 Å². The van der Waals surface area contributed by atoms with E-state index in [1.807, 2.05) is 23.7 Å². The Bertz CT molecular complexity index is 1000. The number of nitrogens with two attached hydrogens (primary N) is 1. The number of esters is 1. The fourth-order valence-corrected chi connectivity index (χ4v) is 3.29. The van der Waals surface area contributed by atoms with Gasteiger partial charge in [0.05, 0.1) is 44.2 Å². The summed E-state index contributed by atoms with van der Waals surface area (Å²) in [5.74, 6) is 0.591. The van der Waals surface area contributed by atoms with E-state index < -0.39 is 0 Å². The van der Waals surface area contributed by atoms with Gasteiger partial charge in [0, 0.05) is 36.9 Å². The van der Waals surface area contributed by atoms with Crippen molar-refractivity contribution < 1.29 is 14.3 Å². The minimum Gasteiger partial charge on any atom is -0.469 e. The molecule has 0 spiro atoms. The molecule has 10 heteroatoms. The molecule has 3 aromatic rings. The minimum atomic E-state index is -0.292. The highest BCUT2D eigenvalue weighted by Crippen LogP contribution is 2.28. The minimum absolute atomic E-state index is 0.188. The van der Waals surface area contributed by atoms with E-state index in [1.54, 1.807) is 12.4 Å². The van der Waals surface area contributed by atoms with Crippen LogP contribution in [0.15, 0.2) is 24.8 Å². The van der Waals surface area contributed by atoms with Gasteiger partial charge in [0.25, 0.3) is 0 Å². The Morgan fingerprint density at radius 2 is 2.11 bits per heavy atom. The summed E-state index contributed by atoms with van der Waals surface area (Å²) in [6, 6.07) is -0.188. The third kappa shape index (κ3) is 3.46. The van der Waals surface area contributed by atoms with E-state index >= 15 is 0 Å².